The Morgan fingerprint density at radius 2 is 1.69 bits per heavy atom. The molecule has 0 unspecified atom stereocenters. The zero-order chi connectivity index (χ0) is 19.1. The summed E-state index contributed by atoms with van der Waals surface area (Å²) < 4.78 is 37.6. The molecule has 0 aromatic heterocycles. The molecule has 0 saturated heterocycles. The lowest BCUT2D eigenvalue weighted by atomic mass is 10.2. The molecule has 1 N–H and O–H groups in total. The van der Waals surface area contributed by atoms with Crippen LogP contribution in [-0.2, 0) is 9.53 Å². The number of ether oxygens (including phenoxy) is 2. The third kappa shape index (κ3) is 5.02. The summed E-state index contributed by atoms with van der Waals surface area (Å²) in [6.45, 7) is 3.85. The van der Waals surface area contributed by atoms with Crippen LogP contribution in [0, 0.1) is 11.6 Å². The summed E-state index contributed by atoms with van der Waals surface area (Å²) in [7, 11) is 0. The Bertz CT molecular complexity index is 757. The van der Waals surface area contributed by atoms with Gasteiger partial charge in [-0.25, -0.2) is 13.6 Å². The van der Waals surface area contributed by atoms with Gasteiger partial charge in [-0.3, -0.25) is 4.79 Å². The molecule has 2 rings (SSSR count). The van der Waals surface area contributed by atoms with Crippen LogP contribution in [0.2, 0.25) is 0 Å². The molecule has 0 fully saturated rings. The van der Waals surface area contributed by atoms with Crippen molar-refractivity contribution >= 4 is 17.6 Å². The molecule has 0 aliphatic carbocycles. The zero-order valence-corrected chi connectivity index (χ0v) is 14.4. The normalized spacial score (nSPS) is 11.5. The van der Waals surface area contributed by atoms with E-state index in [4.69, 9.17) is 9.47 Å². The van der Waals surface area contributed by atoms with Crippen LogP contribution in [0.15, 0.2) is 42.5 Å². The molecule has 26 heavy (non-hydrogen) atoms. The first-order valence-corrected chi connectivity index (χ1v) is 8.11. The molecular weight excluding hydrogens is 344 g/mol. The minimum atomic E-state index is -1.24. The van der Waals surface area contributed by atoms with Crippen LogP contribution in [0.1, 0.15) is 30.6 Å². The van der Waals surface area contributed by atoms with Gasteiger partial charge in [0.1, 0.15) is 23.1 Å². The summed E-state index contributed by atoms with van der Waals surface area (Å²) >= 11 is 0. The largest absolute Gasteiger partial charge is 0.494 e. The fraction of sp³-hybridized carbons (Fsp3) is 0.263. The van der Waals surface area contributed by atoms with Crippen LogP contribution in [0.4, 0.5) is 14.5 Å². The zero-order valence-electron chi connectivity index (χ0n) is 14.4. The molecule has 5 nitrogen and oxygen atoms in total. The standard InChI is InChI=1S/C19H19F2NO4/c1-3-11-25-14-9-7-13(8-10-14)19(24)26-12(2)18(23)22-17-15(20)5-4-6-16(17)21/h4-10,12H,3,11H2,1-2H3,(H,22,23)/t12-/m1/s1. The van der Waals surface area contributed by atoms with Gasteiger partial charge in [-0.2, -0.15) is 0 Å². The van der Waals surface area contributed by atoms with Crippen LogP contribution >= 0.6 is 0 Å². The van der Waals surface area contributed by atoms with E-state index in [0.29, 0.717) is 12.4 Å². The van der Waals surface area contributed by atoms with Crippen molar-refractivity contribution in [1.82, 2.24) is 0 Å². The molecule has 0 saturated carbocycles. The van der Waals surface area contributed by atoms with E-state index in [0.717, 1.165) is 18.6 Å². The minimum absolute atomic E-state index is 0.227. The summed E-state index contributed by atoms with van der Waals surface area (Å²) in [5.41, 5.74) is -0.358. The summed E-state index contributed by atoms with van der Waals surface area (Å²) in [4.78, 5) is 24.1. The summed E-state index contributed by atoms with van der Waals surface area (Å²) in [6, 6.07) is 9.45. The van der Waals surface area contributed by atoms with Gasteiger partial charge < -0.3 is 14.8 Å². The number of rotatable bonds is 7. The van der Waals surface area contributed by atoms with Crippen LogP contribution in [0.3, 0.4) is 0 Å². The molecule has 0 radical (unpaired) electrons. The van der Waals surface area contributed by atoms with E-state index in [1.165, 1.54) is 25.1 Å². The second-order valence-corrected chi connectivity index (χ2v) is 5.51. The first kappa shape index (κ1) is 19.4. The molecule has 2 aromatic rings. The Balaban J connectivity index is 1.96. The number of hydrogen-bond donors (Lipinski definition) is 1. The average Bonchev–Trinajstić information content (AvgIpc) is 2.63. The molecule has 0 aliphatic rings. The van der Waals surface area contributed by atoms with Gasteiger partial charge in [-0.15, -0.1) is 0 Å². The predicted octanol–water partition coefficient (Wildman–Crippen LogP) is 3.94. The number of amides is 1. The van der Waals surface area contributed by atoms with Gasteiger partial charge in [0.05, 0.1) is 12.2 Å². The van der Waals surface area contributed by atoms with E-state index >= 15 is 0 Å². The maximum Gasteiger partial charge on any atom is 0.338 e. The Labute approximate surface area is 149 Å². The number of carbonyl (C=O) groups is 2. The van der Waals surface area contributed by atoms with Crippen molar-refractivity contribution < 1.29 is 27.8 Å². The number of anilines is 1. The lowest BCUT2D eigenvalue weighted by molar-refractivity contribution is -0.123. The van der Waals surface area contributed by atoms with E-state index in [1.54, 1.807) is 12.1 Å². The van der Waals surface area contributed by atoms with Crippen LogP contribution < -0.4 is 10.1 Å². The highest BCUT2D eigenvalue weighted by atomic mass is 19.1. The third-order valence-corrected chi connectivity index (χ3v) is 3.43. The second kappa shape index (κ2) is 8.94. The second-order valence-electron chi connectivity index (χ2n) is 5.51. The van der Waals surface area contributed by atoms with Crippen molar-refractivity contribution in [2.24, 2.45) is 0 Å². The Morgan fingerprint density at radius 1 is 1.08 bits per heavy atom. The molecule has 1 atom stereocenters. The van der Waals surface area contributed by atoms with Gasteiger partial charge in [0.25, 0.3) is 5.91 Å². The van der Waals surface area contributed by atoms with E-state index in [-0.39, 0.29) is 5.56 Å². The highest BCUT2D eigenvalue weighted by molar-refractivity contribution is 5.97. The summed E-state index contributed by atoms with van der Waals surface area (Å²) in [6.07, 6.45) is -0.378. The van der Waals surface area contributed by atoms with Gasteiger partial charge in [-0.05, 0) is 49.7 Å². The van der Waals surface area contributed by atoms with Gasteiger partial charge in [-0.1, -0.05) is 13.0 Å². The number of carbonyl (C=O) groups excluding carboxylic acids is 2. The van der Waals surface area contributed by atoms with Crippen LogP contribution in [0.25, 0.3) is 0 Å². The molecule has 0 aliphatic heterocycles. The first-order chi connectivity index (χ1) is 12.4. The maximum absolute atomic E-state index is 13.6. The van der Waals surface area contributed by atoms with Gasteiger partial charge in [0.2, 0.25) is 0 Å². The highest BCUT2D eigenvalue weighted by Crippen LogP contribution is 2.19. The molecule has 1 amide bonds. The van der Waals surface area contributed by atoms with Crippen molar-refractivity contribution in [2.75, 3.05) is 11.9 Å². The molecule has 2 aromatic carbocycles. The number of esters is 1. The summed E-state index contributed by atoms with van der Waals surface area (Å²) in [5, 5.41) is 2.08. The average molecular weight is 363 g/mol. The number of hydrogen-bond acceptors (Lipinski definition) is 4. The predicted molar refractivity (Wildman–Crippen MR) is 92.1 cm³/mol. The fourth-order valence-corrected chi connectivity index (χ4v) is 2.03. The molecule has 0 spiro atoms. The smallest absolute Gasteiger partial charge is 0.338 e. The van der Waals surface area contributed by atoms with E-state index in [2.05, 4.69) is 5.32 Å². The van der Waals surface area contributed by atoms with Gasteiger partial charge >= 0.3 is 5.97 Å². The van der Waals surface area contributed by atoms with Gasteiger partial charge in [0, 0.05) is 0 Å². The molecule has 7 heteroatoms. The minimum Gasteiger partial charge on any atom is -0.494 e. The molecule has 138 valence electrons. The van der Waals surface area contributed by atoms with Crippen LogP contribution in [-0.4, -0.2) is 24.6 Å². The van der Waals surface area contributed by atoms with Crippen molar-refractivity contribution in [2.45, 2.75) is 26.4 Å². The number of halogens is 2. The molecular formula is C19H19F2NO4. The van der Waals surface area contributed by atoms with Crippen molar-refractivity contribution in [3.05, 3.63) is 59.7 Å². The topological polar surface area (TPSA) is 64.6 Å². The molecule has 0 heterocycles. The fourth-order valence-electron chi connectivity index (χ4n) is 2.03. The van der Waals surface area contributed by atoms with Crippen LogP contribution in [0.5, 0.6) is 5.75 Å². The quantitative estimate of drug-likeness (QED) is 0.757. The monoisotopic (exact) mass is 363 g/mol. The molecule has 0 bridgehead atoms. The van der Waals surface area contributed by atoms with Crippen molar-refractivity contribution in [3.8, 4) is 5.75 Å². The highest BCUT2D eigenvalue weighted by Gasteiger charge is 2.21. The Kier molecular flexibility index (Phi) is 6.66. The first-order valence-electron chi connectivity index (χ1n) is 8.11. The number of benzene rings is 2. The maximum atomic E-state index is 13.6. The van der Waals surface area contributed by atoms with E-state index in [1.807, 2.05) is 6.92 Å². The lowest BCUT2D eigenvalue weighted by Gasteiger charge is -2.14. The van der Waals surface area contributed by atoms with E-state index < -0.39 is 35.3 Å². The van der Waals surface area contributed by atoms with Gasteiger partial charge in [0.15, 0.2) is 6.10 Å². The van der Waals surface area contributed by atoms with Crippen molar-refractivity contribution in [3.63, 3.8) is 0 Å². The third-order valence-electron chi connectivity index (χ3n) is 3.43. The number of para-hydroxylation sites is 1. The van der Waals surface area contributed by atoms with E-state index in [9.17, 15) is 18.4 Å². The lowest BCUT2D eigenvalue weighted by Crippen LogP contribution is -2.30. The van der Waals surface area contributed by atoms with Crippen molar-refractivity contribution in [1.29, 1.82) is 0 Å². The Morgan fingerprint density at radius 3 is 2.27 bits per heavy atom. The summed E-state index contributed by atoms with van der Waals surface area (Å²) in [5.74, 6) is -2.79. The Hall–Kier alpha value is -2.96. The SMILES string of the molecule is CCCOc1ccc(C(=O)O[C@H](C)C(=O)Nc2c(F)cccc2F)cc1. The number of nitrogens with one attached hydrogen (secondary N) is 1.